The summed E-state index contributed by atoms with van der Waals surface area (Å²) in [7, 11) is 0. The minimum absolute atomic E-state index is 0.112. The van der Waals surface area contributed by atoms with Crippen LogP contribution in [0.2, 0.25) is 0 Å². The average molecular weight is 257 g/mol. The maximum absolute atomic E-state index is 11.1. The first kappa shape index (κ1) is 13.6. The molecule has 2 rings (SSSR count). The molecule has 100 valence electrons. The first-order valence-electron chi connectivity index (χ1n) is 6.62. The Kier molecular flexibility index (Phi) is 4.17. The minimum atomic E-state index is 0.112. The van der Waals surface area contributed by atoms with Crippen molar-refractivity contribution in [3.05, 3.63) is 41.5 Å². The number of carbonyl (C=O) groups is 1. The number of rotatable bonds is 5. The molecular formula is C16H19NO2. The Bertz CT molecular complexity index is 589. The van der Waals surface area contributed by atoms with Crippen molar-refractivity contribution in [2.45, 2.75) is 20.4 Å². The predicted molar refractivity (Wildman–Crippen MR) is 77.6 cm³/mol. The number of nitrogens with zero attached hydrogens (tertiary/aromatic N) is 1. The van der Waals surface area contributed by atoms with Crippen LogP contribution in [-0.4, -0.2) is 29.4 Å². The summed E-state index contributed by atoms with van der Waals surface area (Å²) in [5.74, 6) is 0.112. The number of hydrogen-bond donors (Lipinski definition) is 1. The van der Waals surface area contributed by atoms with Crippen LogP contribution in [0.25, 0.3) is 10.8 Å². The summed E-state index contributed by atoms with van der Waals surface area (Å²) >= 11 is 0. The van der Waals surface area contributed by atoms with Gasteiger partial charge in [-0.2, -0.15) is 0 Å². The van der Waals surface area contributed by atoms with Gasteiger partial charge in [-0.1, -0.05) is 38.1 Å². The minimum Gasteiger partial charge on any atom is -0.507 e. The van der Waals surface area contributed by atoms with Crippen molar-refractivity contribution < 1.29 is 9.90 Å². The van der Waals surface area contributed by atoms with Crippen LogP contribution in [0, 0.1) is 0 Å². The number of phenolic OH excluding ortho intramolecular Hbond substituents is 1. The van der Waals surface area contributed by atoms with E-state index in [0.29, 0.717) is 18.4 Å². The van der Waals surface area contributed by atoms with Gasteiger partial charge in [0.15, 0.2) is 6.29 Å². The molecule has 0 spiro atoms. The summed E-state index contributed by atoms with van der Waals surface area (Å²) in [6.45, 7) is 6.66. The quantitative estimate of drug-likeness (QED) is 0.836. The van der Waals surface area contributed by atoms with Crippen LogP contribution < -0.4 is 0 Å². The third kappa shape index (κ3) is 2.61. The standard InChI is InChI=1S/C16H19NO2/c1-3-17(4-2)10-15-14-8-6-5-7-12(14)9-13(11-18)16(15)19/h5-9,11,19H,3-4,10H2,1-2H3. The zero-order valence-electron chi connectivity index (χ0n) is 11.4. The molecule has 0 aromatic heterocycles. The van der Waals surface area contributed by atoms with Crippen LogP contribution in [0.1, 0.15) is 29.8 Å². The Hall–Kier alpha value is -1.87. The van der Waals surface area contributed by atoms with E-state index in [2.05, 4.69) is 18.7 Å². The van der Waals surface area contributed by atoms with Crippen molar-refractivity contribution in [2.24, 2.45) is 0 Å². The van der Waals surface area contributed by atoms with Gasteiger partial charge in [0.2, 0.25) is 0 Å². The summed E-state index contributed by atoms with van der Waals surface area (Å²) in [5, 5.41) is 12.3. The number of aromatic hydroxyl groups is 1. The van der Waals surface area contributed by atoms with Gasteiger partial charge in [0, 0.05) is 12.1 Å². The van der Waals surface area contributed by atoms with Crippen molar-refractivity contribution in [3.63, 3.8) is 0 Å². The van der Waals surface area contributed by atoms with E-state index >= 15 is 0 Å². The molecule has 0 bridgehead atoms. The largest absolute Gasteiger partial charge is 0.507 e. The van der Waals surface area contributed by atoms with E-state index in [4.69, 9.17) is 0 Å². The molecule has 0 heterocycles. The number of fused-ring (bicyclic) bond motifs is 1. The number of carbonyl (C=O) groups excluding carboxylic acids is 1. The van der Waals surface area contributed by atoms with Crippen molar-refractivity contribution in [1.82, 2.24) is 4.90 Å². The highest BCUT2D eigenvalue weighted by atomic mass is 16.3. The fourth-order valence-corrected chi connectivity index (χ4v) is 2.36. The second-order valence-electron chi connectivity index (χ2n) is 4.59. The molecule has 0 aliphatic heterocycles. The molecule has 19 heavy (non-hydrogen) atoms. The van der Waals surface area contributed by atoms with Crippen LogP contribution in [0.15, 0.2) is 30.3 Å². The summed E-state index contributed by atoms with van der Waals surface area (Å²) < 4.78 is 0. The first-order valence-corrected chi connectivity index (χ1v) is 6.62. The van der Waals surface area contributed by atoms with Gasteiger partial charge < -0.3 is 5.11 Å². The highest BCUT2D eigenvalue weighted by Crippen LogP contribution is 2.31. The van der Waals surface area contributed by atoms with E-state index in [0.717, 1.165) is 29.4 Å². The normalized spacial score (nSPS) is 11.1. The monoisotopic (exact) mass is 257 g/mol. The Morgan fingerprint density at radius 2 is 1.89 bits per heavy atom. The number of benzene rings is 2. The topological polar surface area (TPSA) is 40.5 Å². The molecule has 2 aromatic carbocycles. The van der Waals surface area contributed by atoms with E-state index in [1.807, 2.05) is 24.3 Å². The predicted octanol–water partition coefficient (Wildman–Crippen LogP) is 3.20. The summed E-state index contributed by atoms with van der Waals surface area (Å²) in [6, 6.07) is 9.59. The summed E-state index contributed by atoms with van der Waals surface area (Å²) in [5.41, 5.74) is 1.20. The highest BCUT2D eigenvalue weighted by molar-refractivity contribution is 5.95. The molecular weight excluding hydrogens is 238 g/mol. The van der Waals surface area contributed by atoms with Crippen LogP contribution >= 0.6 is 0 Å². The Labute approximate surface area is 113 Å². The van der Waals surface area contributed by atoms with Gasteiger partial charge in [-0.05, 0) is 29.9 Å². The molecule has 0 saturated carbocycles. The van der Waals surface area contributed by atoms with E-state index < -0.39 is 0 Å². The molecule has 1 N–H and O–H groups in total. The molecule has 3 heteroatoms. The highest BCUT2D eigenvalue weighted by Gasteiger charge is 2.14. The lowest BCUT2D eigenvalue weighted by molar-refractivity contribution is 0.112. The molecule has 2 aromatic rings. The molecule has 0 unspecified atom stereocenters. The van der Waals surface area contributed by atoms with E-state index in [1.165, 1.54) is 0 Å². The second-order valence-corrected chi connectivity index (χ2v) is 4.59. The van der Waals surface area contributed by atoms with Gasteiger partial charge in [-0.3, -0.25) is 9.69 Å². The summed E-state index contributed by atoms with van der Waals surface area (Å²) in [4.78, 5) is 13.3. The number of aldehydes is 1. The van der Waals surface area contributed by atoms with Crippen molar-refractivity contribution in [1.29, 1.82) is 0 Å². The van der Waals surface area contributed by atoms with Gasteiger partial charge in [-0.25, -0.2) is 0 Å². The van der Waals surface area contributed by atoms with Crippen LogP contribution in [0.5, 0.6) is 5.75 Å². The van der Waals surface area contributed by atoms with E-state index in [1.54, 1.807) is 6.07 Å². The first-order chi connectivity index (χ1) is 9.21. The fourth-order valence-electron chi connectivity index (χ4n) is 2.36. The SMILES string of the molecule is CCN(CC)Cc1c(O)c(C=O)cc2ccccc12. The molecule has 0 radical (unpaired) electrons. The van der Waals surface area contributed by atoms with Crippen LogP contribution in [-0.2, 0) is 6.54 Å². The maximum atomic E-state index is 11.1. The van der Waals surface area contributed by atoms with Crippen molar-refractivity contribution in [3.8, 4) is 5.75 Å². The van der Waals surface area contributed by atoms with E-state index in [9.17, 15) is 9.90 Å². The van der Waals surface area contributed by atoms with Gasteiger partial charge >= 0.3 is 0 Å². The van der Waals surface area contributed by atoms with Crippen molar-refractivity contribution in [2.75, 3.05) is 13.1 Å². The number of phenols is 1. The Balaban J connectivity index is 2.61. The second kappa shape index (κ2) is 5.85. The summed E-state index contributed by atoms with van der Waals surface area (Å²) in [6.07, 6.45) is 0.716. The molecule has 0 saturated heterocycles. The van der Waals surface area contributed by atoms with Gasteiger partial charge in [0.25, 0.3) is 0 Å². The molecule has 3 nitrogen and oxygen atoms in total. The third-order valence-corrected chi connectivity index (χ3v) is 3.56. The maximum Gasteiger partial charge on any atom is 0.153 e. The molecule has 0 atom stereocenters. The fraction of sp³-hybridized carbons (Fsp3) is 0.312. The zero-order valence-corrected chi connectivity index (χ0v) is 11.4. The zero-order chi connectivity index (χ0) is 13.8. The third-order valence-electron chi connectivity index (χ3n) is 3.56. The molecule has 0 aliphatic carbocycles. The Morgan fingerprint density at radius 3 is 2.53 bits per heavy atom. The molecule has 0 amide bonds. The lowest BCUT2D eigenvalue weighted by Gasteiger charge is -2.20. The van der Waals surface area contributed by atoms with Gasteiger partial charge in [0.05, 0.1) is 5.56 Å². The number of hydrogen-bond acceptors (Lipinski definition) is 3. The lowest BCUT2D eigenvalue weighted by Crippen LogP contribution is -2.22. The smallest absolute Gasteiger partial charge is 0.153 e. The van der Waals surface area contributed by atoms with Gasteiger partial charge in [0.1, 0.15) is 5.75 Å². The average Bonchev–Trinajstić information content (AvgIpc) is 2.46. The van der Waals surface area contributed by atoms with Crippen molar-refractivity contribution >= 4 is 17.1 Å². The van der Waals surface area contributed by atoms with Crippen LogP contribution in [0.3, 0.4) is 0 Å². The molecule has 0 fully saturated rings. The Morgan fingerprint density at radius 1 is 1.21 bits per heavy atom. The van der Waals surface area contributed by atoms with Crippen LogP contribution in [0.4, 0.5) is 0 Å². The van der Waals surface area contributed by atoms with E-state index in [-0.39, 0.29) is 5.75 Å². The van der Waals surface area contributed by atoms with Gasteiger partial charge in [-0.15, -0.1) is 0 Å². The molecule has 0 aliphatic rings. The lowest BCUT2D eigenvalue weighted by atomic mass is 9.99.